The Kier molecular flexibility index (Phi) is 4.70. The molecule has 0 atom stereocenters. The highest BCUT2D eigenvalue weighted by atomic mass is 19.1. The van der Waals surface area contributed by atoms with Crippen molar-refractivity contribution in [3.8, 4) is 0 Å². The molecule has 6 heteroatoms. The van der Waals surface area contributed by atoms with Crippen molar-refractivity contribution in [2.24, 2.45) is 0 Å². The molecule has 0 bridgehead atoms. The molecule has 1 aromatic heterocycles. The van der Waals surface area contributed by atoms with Gasteiger partial charge in [-0.25, -0.2) is 13.8 Å². The fraction of sp³-hybridized carbons (Fsp3) is 0.0526. The summed E-state index contributed by atoms with van der Waals surface area (Å²) in [6, 6.07) is 15.8. The van der Waals surface area contributed by atoms with Gasteiger partial charge in [0.25, 0.3) is 5.91 Å². The SMILES string of the molecule is CN(c1ccccc1)c1ccc(C(=O)Nc2cc(F)ccc2F)cn1. The van der Waals surface area contributed by atoms with Gasteiger partial charge in [-0.15, -0.1) is 0 Å². The monoisotopic (exact) mass is 339 g/mol. The van der Waals surface area contributed by atoms with Gasteiger partial charge in [0.2, 0.25) is 0 Å². The summed E-state index contributed by atoms with van der Waals surface area (Å²) in [5.74, 6) is -1.25. The van der Waals surface area contributed by atoms with E-state index in [1.54, 1.807) is 12.1 Å². The normalized spacial score (nSPS) is 10.4. The second-order valence-electron chi connectivity index (χ2n) is 5.38. The molecule has 0 unspecified atom stereocenters. The smallest absolute Gasteiger partial charge is 0.257 e. The van der Waals surface area contributed by atoms with E-state index in [-0.39, 0.29) is 11.3 Å². The Bertz CT molecular complexity index is 883. The van der Waals surface area contributed by atoms with Crippen LogP contribution in [0.2, 0.25) is 0 Å². The third-order valence-electron chi connectivity index (χ3n) is 3.67. The van der Waals surface area contributed by atoms with Gasteiger partial charge in [-0.05, 0) is 36.4 Å². The zero-order chi connectivity index (χ0) is 17.8. The van der Waals surface area contributed by atoms with Crippen molar-refractivity contribution in [2.75, 3.05) is 17.3 Å². The summed E-state index contributed by atoms with van der Waals surface area (Å²) in [7, 11) is 1.86. The number of carbonyl (C=O) groups is 1. The van der Waals surface area contributed by atoms with Crippen molar-refractivity contribution in [3.63, 3.8) is 0 Å². The summed E-state index contributed by atoms with van der Waals surface area (Å²) in [5.41, 5.74) is 0.985. The van der Waals surface area contributed by atoms with Gasteiger partial charge in [-0.2, -0.15) is 0 Å². The number of carbonyl (C=O) groups excluding carboxylic acids is 1. The van der Waals surface area contributed by atoms with E-state index in [1.165, 1.54) is 6.20 Å². The van der Waals surface area contributed by atoms with Crippen LogP contribution in [0, 0.1) is 11.6 Å². The molecule has 0 aliphatic heterocycles. The second kappa shape index (κ2) is 7.09. The summed E-state index contributed by atoms with van der Waals surface area (Å²) >= 11 is 0. The van der Waals surface area contributed by atoms with Gasteiger partial charge in [0, 0.05) is 25.0 Å². The number of rotatable bonds is 4. The number of hydrogen-bond acceptors (Lipinski definition) is 3. The Labute approximate surface area is 143 Å². The van der Waals surface area contributed by atoms with Crippen LogP contribution >= 0.6 is 0 Å². The predicted molar refractivity (Wildman–Crippen MR) is 93.1 cm³/mol. The van der Waals surface area contributed by atoms with E-state index in [2.05, 4.69) is 10.3 Å². The number of halogens is 2. The maximum atomic E-state index is 13.6. The molecule has 1 heterocycles. The van der Waals surface area contributed by atoms with Gasteiger partial charge >= 0.3 is 0 Å². The first-order valence-corrected chi connectivity index (χ1v) is 7.56. The third kappa shape index (κ3) is 3.80. The number of nitrogens with zero attached hydrogens (tertiary/aromatic N) is 2. The van der Waals surface area contributed by atoms with Crippen LogP contribution in [0.1, 0.15) is 10.4 Å². The molecule has 0 fully saturated rings. The molecular weight excluding hydrogens is 324 g/mol. The van der Waals surface area contributed by atoms with Crippen molar-refractivity contribution in [3.05, 3.63) is 84.1 Å². The number of nitrogens with one attached hydrogen (secondary N) is 1. The van der Waals surface area contributed by atoms with Gasteiger partial charge in [0.1, 0.15) is 17.5 Å². The van der Waals surface area contributed by atoms with Crippen molar-refractivity contribution in [2.45, 2.75) is 0 Å². The van der Waals surface area contributed by atoms with Crippen LogP contribution in [0.5, 0.6) is 0 Å². The third-order valence-corrected chi connectivity index (χ3v) is 3.67. The minimum atomic E-state index is -0.705. The highest BCUT2D eigenvalue weighted by molar-refractivity contribution is 6.04. The van der Waals surface area contributed by atoms with Crippen molar-refractivity contribution < 1.29 is 13.6 Å². The van der Waals surface area contributed by atoms with Gasteiger partial charge in [0.05, 0.1) is 11.3 Å². The van der Waals surface area contributed by atoms with E-state index in [4.69, 9.17) is 0 Å². The zero-order valence-corrected chi connectivity index (χ0v) is 13.4. The van der Waals surface area contributed by atoms with Gasteiger partial charge < -0.3 is 10.2 Å². The zero-order valence-electron chi connectivity index (χ0n) is 13.4. The molecule has 126 valence electrons. The molecule has 0 radical (unpaired) electrons. The summed E-state index contributed by atoms with van der Waals surface area (Å²) in [5, 5.41) is 2.34. The first-order chi connectivity index (χ1) is 12.0. The molecule has 0 saturated heterocycles. The van der Waals surface area contributed by atoms with E-state index >= 15 is 0 Å². The molecule has 0 spiro atoms. The van der Waals surface area contributed by atoms with Crippen LogP contribution in [-0.2, 0) is 0 Å². The molecule has 0 saturated carbocycles. The maximum Gasteiger partial charge on any atom is 0.257 e. The molecule has 1 amide bonds. The summed E-state index contributed by atoms with van der Waals surface area (Å²) in [6.45, 7) is 0. The molecule has 25 heavy (non-hydrogen) atoms. The van der Waals surface area contributed by atoms with E-state index in [0.717, 1.165) is 23.9 Å². The van der Waals surface area contributed by atoms with Crippen LogP contribution in [0.4, 0.5) is 26.0 Å². The largest absolute Gasteiger partial charge is 0.329 e. The number of para-hydroxylation sites is 1. The first-order valence-electron chi connectivity index (χ1n) is 7.56. The van der Waals surface area contributed by atoms with Crippen LogP contribution in [0.3, 0.4) is 0 Å². The van der Waals surface area contributed by atoms with Crippen LogP contribution in [-0.4, -0.2) is 17.9 Å². The lowest BCUT2D eigenvalue weighted by Gasteiger charge is -2.18. The predicted octanol–water partition coefficient (Wildman–Crippen LogP) is 4.38. The summed E-state index contributed by atoms with van der Waals surface area (Å²) < 4.78 is 26.8. The quantitative estimate of drug-likeness (QED) is 0.767. The number of anilines is 3. The van der Waals surface area contributed by atoms with E-state index in [0.29, 0.717) is 5.82 Å². The van der Waals surface area contributed by atoms with Crippen molar-refractivity contribution >= 4 is 23.1 Å². The topological polar surface area (TPSA) is 45.2 Å². The van der Waals surface area contributed by atoms with Crippen LogP contribution in [0.15, 0.2) is 66.9 Å². The van der Waals surface area contributed by atoms with E-state index in [1.807, 2.05) is 42.3 Å². The first kappa shape index (κ1) is 16.6. The summed E-state index contributed by atoms with van der Waals surface area (Å²) in [4.78, 5) is 18.3. The number of pyridine rings is 1. The van der Waals surface area contributed by atoms with Gasteiger partial charge in [-0.1, -0.05) is 18.2 Å². The number of benzene rings is 2. The van der Waals surface area contributed by atoms with Gasteiger partial charge in [0.15, 0.2) is 0 Å². The van der Waals surface area contributed by atoms with E-state index < -0.39 is 17.5 Å². The lowest BCUT2D eigenvalue weighted by molar-refractivity contribution is 0.102. The lowest BCUT2D eigenvalue weighted by atomic mass is 10.2. The number of hydrogen-bond donors (Lipinski definition) is 1. The van der Waals surface area contributed by atoms with Crippen LogP contribution < -0.4 is 10.2 Å². The fourth-order valence-corrected chi connectivity index (χ4v) is 2.29. The molecule has 0 aliphatic rings. The number of amides is 1. The molecule has 3 aromatic rings. The fourth-order valence-electron chi connectivity index (χ4n) is 2.29. The molecule has 4 nitrogen and oxygen atoms in total. The highest BCUT2D eigenvalue weighted by Gasteiger charge is 2.12. The minimum Gasteiger partial charge on any atom is -0.329 e. The van der Waals surface area contributed by atoms with E-state index in [9.17, 15) is 13.6 Å². The van der Waals surface area contributed by atoms with Crippen molar-refractivity contribution in [1.29, 1.82) is 0 Å². The average molecular weight is 339 g/mol. The second-order valence-corrected chi connectivity index (χ2v) is 5.38. The Morgan fingerprint density at radius 3 is 2.48 bits per heavy atom. The van der Waals surface area contributed by atoms with Crippen molar-refractivity contribution in [1.82, 2.24) is 4.98 Å². The maximum absolute atomic E-state index is 13.6. The lowest BCUT2D eigenvalue weighted by Crippen LogP contribution is -2.15. The molecule has 2 aromatic carbocycles. The average Bonchev–Trinajstić information content (AvgIpc) is 2.65. The Hall–Kier alpha value is -3.28. The Morgan fingerprint density at radius 2 is 1.80 bits per heavy atom. The molecule has 3 rings (SSSR count). The molecule has 0 aliphatic carbocycles. The minimum absolute atomic E-state index is 0.213. The van der Waals surface area contributed by atoms with Gasteiger partial charge in [-0.3, -0.25) is 4.79 Å². The molecule has 1 N–H and O–H groups in total. The summed E-state index contributed by atoms with van der Waals surface area (Å²) in [6.07, 6.45) is 1.39. The molecular formula is C19H15F2N3O. The Balaban J connectivity index is 1.76. The highest BCUT2D eigenvalue weighted by Crippen LogP contribution is 2.21. The van der Waals surface area contributed by atoms with Crippen LogP contribution in [0.25, 0.3) is 0 Å². The Morgan fingerprint density at radius 1 is 1.04 bits per heavy atom. The standard InChI is InChI=1S/C19H15F2N3O/c1-24(15-5-3-2-4-6-15)18-10-7-13(12-22-18)19(25)23-17-11-14(20)8-9-16(17)21/h2-12H,1H3,(H,23,25). The number of aromatic nitrogens is 1.